The van der Waals surface area contributed by atoms with Gasteiger partial charge in [-0.25, -0.2) is 4.68 Å². The van der Waals surface area contributed by atoms with Crippen LogP contribution in [0.25, 0.3) is 11.0 Å². The van der Waals surface area contributed by atoms with Crippen LogP contribution in [0.3, 0.4) is 0 Å². The van der Waals surface area contributed by atoms with Gasteiger partial charge in [-0.3, -0.25) is 14.4 Å². The Morgan fingerprint density at radius 1 is 1.14 bits per heavy atom. The zero-order valence-electron chi connectivity index (χ0n) is 20.5. The zero-order chi connectivity index (χ0) is 25.8. The molecule has 4 aliphatic rings. The summed E-state index contributed by atoms with van der Waals surface area (Å²) >= 11 is 1.50. The molecule has 0 aliphatic carbocycles. The number of thioether (sulfide) groups is 1. The highest BCUT2D eigenvalue weighted by Crippen LogP contribution is 2.65. The molecule has 2 amide bonds. The SMILES string of the molecule is C[C@@]12/C=C\CCCOC(=O)[C@@H]1[C@H]1C(=O)N(CCO)C3C(=O)N(Cn4nnc5ccccc54)CC=C[C@@]31S2. The van der Waals surface area contributed by atoms with Gasteiger partial charge < -0.3 is 19.6 Å². The van der Waals surface area contributed by atoms with Crippen LogP contribution in [-0.2, 0) is 25.8 Å². The van der Waals surface area contributed by atoms with Crippen molar-refractivity contribution in [3.8, 4) is 0 Å². The van der Waals surface area contributed by atoms with Crippen LogP contribution in [0.15, 0.2) is 48.6 Å². The molecule has 2 fully saturated rings. The number of allylic oxidation sites excluding steroid dienone is 1. The number of aliphatic hydroxyl groups is 1. The van der Waals surface area contributed by atoms with Gasteiger partial charge in [-0.1, -0.05) is 41.7 Å². The van der Waals surface area contributed by atoms with Crippen LogP contribution in [0.2, 0.25) is 0 Å². The fraction of sp³-hybridized carbons (Fsp3) is 0.500. The van der Waals surface area contributed by atoms with Crippen LogP contribution >= 0.6 is 11.8 Å². The molecule has 0 bridgehead atoms. The van der Waals surface area contributed by atoms with Gasteiger partial charge in [0.15, 0.2) is 0 Å². The van der Waals surface area contributed by atoms with Gasteiger partial charge in [0.2, 0.25) is 11.8 Å². The van der Waals surface area contributed by atoms with E-state index in [0.717, 1.165) is 23.9 Å². The summed E-state index contributed by atoms with van der Waals surface area (Å²) in [6.45, 7) is 2.47. The minimum atomic E-state index is -0.968. The maximum absolute atomic E-state index is 14.2. The number of cyclic esters (lactones) is 1. The van der Waals surface area contributed by atoms with Crippen molar-refractivity contribution < 1.29 is 24.2 Å². The molecule has 4 aliphatic heterocycles. The Hall–Kier alpha value is -3.18. The molecule has 10 nitrogen and oxygen atoms in total. The third-order valence-corrected chi connectivity index (χ3v) is 9.70. The number of hydrogen-bond acceptors (Lipinski definition) is 8. The third-order valence-electron chi connectivity index (χ3n) is 7.90. The lowest BCUT2D eigenvalue weighted by Crippen LogP contribution is -2.54. The first-order valence-corrected chi connectivity index (χ1v) is 13.4. The number of aromatic nitrogens is 3. The second-order valence-electron chi connectivity index (χ2n) is 10.1. The number of hydrogen-bond donors (Lipinski definition) is 1. The van der Waals surface area contributed by atoms with Crippen LogP contribution in [-0.4, -0.2) is 89.5 Å². The van der Waals surface area contributed by atoms with Crippen molar-refractivity contribution in [2.45, 2.75) is 42.0 Å². The molecule has 194 valence electrons. The summed E-state index contributed by atoms with van der Waals surface area (Å²) in [5, 5.41) is 18.3. The number of nitrogens with zero attached hydrogens (tertiary/aromatic N) is 5. The van der Waals surface area contributed by atoms with Crippen molar-refractivity contribution in [3.05, 3.63) is 48.6 Å². The number of amides is 2. The number of likely N-dealkylation sites (tertiary alicyclic amines) is 1. The number of carbonyl (C=O) groups excluding carboxylic acids is 3. The predicted molar refractivity (Wildman–Crippen MR) is 136 cm³/mol. The van der Waals surface area contributed by atoms with Crippen molar-refractivity contribution >= 4 is 40.6 Å². The molecule has 5 heterocycles. The summed E-state index contributed by atoms with van der Waals surface area (Å²) in [4.78, 5) is 44.7. The van der Waals surface area contributed by atoms with Gasteiger partial charge >= 0.3 is 5.97 Å². The van der Waals surface area contributed by atoms with Gasteiger partial charge in [0.25, 0.3) is 0 Å². The molecule has 5 atom stereocenters. The molecule has 1 aromatic carbocycles. The number of fused-ring (bicyclic) bond motifs is 3. The highest BCUT2D eigenvalue weighted by molar-refractivity contribution is 8.02. The molecule has 0 saturated carbocycles. The molecule has 6 rings (SSSR count). The second-order valence-corrected chi connectivity index (χ2v) is 11.9. The zero-order valence-corrected chi connectivity index (χ0v) is 21.3. The van der Waals surface area contributed by atoms with Crippen LogP contribution in [0.4, 0.5) is 0 Å². The van der Waals surface area contributed by atoms with E-state index in [4.69, 9.17) is 4.74 Å². The highest BCUT2D eigenvalue weighted by Gasteiger charge is 2.73. The number of ether oxygens (including phenoxy) is 1. The second kappa shape index (κ2) is 8.98. The monoisotopic (exact) mass is 523 g/mol. The van der Waals surface area contributed by atoms with Gasteiger partial charge in [0.1, 0.15) is 18.2 Å². The van der Waals surface area contributed by atoms with E-state index in [0.29, 0.717) is 13.2 Å². The molecule has 0 radical (unpaired) electrons. The molecule has 11 heteroatoms. The van der Waals surface area contributed by atoms with Crippen molar-refractivity contribution in [3.63, 3.8) is 0 Å². The molecule has 1 spiro atoms. The minimum Gasteiger partial charge on any atom is -0.465 e. The quantitative estimate of drug-likeness (QED) is 0.472. The van der Waals surface area contributed by atoms with Crippen molar-refractivity contribution in [2.24, 2.45) is 11.8 Å². The highest BCUT2D eigenvalue weighted by atomic mass is 32.2. The molecular weight excluding hydrogens is 494 g/mol. The van der Waals surface area contributed by atoms with Gasteiger partial charge in [-0.05, 0) is 31.9 Å². The van der Waals surface area contributed by atoms with E-state index >= 15 is 0 Å². The summed E-state index contributed by atoms with van der Waals surface area (Å²) in [7, 11) is 0. The number of rotatable bonds is 4. The lowest BCUT2D eigenvalue weighted by atomic mass is 9.74. The summed E-state index contributed by atoms with van der Waals surface area (Å²) in [6.07, 6.45) is 9.43. The number of benzene rings is 1. The largest absolute Gasteiger partial charge is 0.465 e. The predicted octanol–water partition coefficient (Wildman–Crippen LogP) is 1.36. The molecule has 1 N–H and O–H groups in total. The van der Waals surface area contributed by atoms with E-state index < -0.39 is 33.3 Å². The fourth-order valence-electron chi connectivity index (χ4n) is 6.34. The maximum Gasteiger partial charge on any atom is 0.311 e. The third kappa shape index (κ3) is 3.62. The van der Waals surface area contributed by atoms with Gasteiger partial charge in [-0.2, -0.15) is 0 Å². The Kier molecular flexibility index (Phi) is 5.87. The van der Waals surface area contributed by atoms with E-state index in [-0.39, 0.29) is 31.6 Å². The van der Waals surface area contributed by atoms with Crippen molar-refractivity contribution in [1.29, 1.82) is 0 Å². The summed E-state index contributed by atoms with van der Waals surface area (Å²) in [5.74, 6) is -2.46. The van der Waals surface area contributed by atoms with E-state index in [1.807, 2.05) is 49.4 Å². The molecule has 2 aromatic rings. The number of carbonyl (C=O) groups is 3. The number of β-amino-alcohol motifs (C(OH)–C–C–N with tert-alkyl or cyclic N) is 1. The fourth-order valence-corrected chi connectivity index (χ4v) is 8.49. The van der Waals surface area contributed by atoms with Crippen LogP contribution in [0, 0.1) is 11.8 Å². The molecule has 37 heavy (non-hydrogen) atoms. The van der Waals surface area contributed by atoms with Gasteiger partial charge in [-0.15, -0.1) is 16.9 Å². The summed E-state index contributed by atoms with van der Waals surface area (Å²) in [6, 6.07) is 6.66. The first kappa shape index (κ1) is 24.2. The first-order valence-electron chi connectivity index (χ1n) is 12.6. The number of esters is 1. The first-order chi connectivity index (χ1) is 17.9. The van der Waals surface area contributed by atoms with Crippen LogP contribution in [0.5, 0.6) is 0 Å². The van der Waals surface area contributed by atoms with E-state index in [1.54, 1.807) is 9.58 Å². The summed E-state index contributed by atoms with van der Waals surface area (Å²) in [5.41, 5.74) is 1.53. The van der Waals surface area contributed by atoms with Gasteiger partial charge in [0.05, 0.1) is 35.3 Å². The Bertz CT molecular complexity index is 1330. The smallest absolute Gasteiger partial charge is 0.311 e. The molecule has 2 saturated heterocycles. The average molecular weight is 524 g/mol. The van der Waals surface area contributed by atoms with Crippen LogP contribution in [0.1, 0.15) is 19.8 Å². The summed E-state index contributed by atoms with van der Waals surface area (Å²) < 4.78 is 5.60. The number of aliphatic hydroxyl groups excluding tert-OH is 1. The van der Waals surface area contributed by atoms with Crippen LogP contribution < -0.4 is 0 Å². The lowest BCUT2D eigenvalue weighted by Gasteiger charge is -2.36. The molecular formula is C26H29N5O5S. The van der Waals surface area contributed by atoms with Crippen molar-refractivity contribution in [2.75, 3.05) is 26.3 Å². The topological polar surface area (TPSA) is 118 Å². The standard InChI is InChI=1S/C26H29N5O5S/c1-25-10-5-2-6-15-36-24(35)20(25)19-22(33)30(13-14-32)21-23(34)29(12-7-11-26(19,21)37-25)16-31-18-9-4-3-8-17(18)27-28-31/h3-5,7-11,19-21,32H,2,6,12-16H2,1H3/b10-5-/t19-,20-,21?,25+,26-/m0/s1. The van der Waals surface area contributed by atoms with E-state index in [1.165, 1.54) is 16.7 Å². The Labute approximate surface area is 218 Å². The Morgan fingerprint density at radius 3 is 2.81 bits per heavy atom. The maximum atomic E-state index is 14.2. The van der Waals surface area contributed by atoms with Gasteiger partial charge in [0, 0.05) is 17.8 Å². The van der Waals surface area contributed by atoms with E-state index in [9.17, 15) is 19.5 Å². The molecule has 1 aromatic heterocycles. The number of para-hydroxylation sites is 1. The average Bonchev–Trinajstić information content (AvgIpc) is 3.45. The minimum absolute atomic E-state index is 0.0102. The Balaban J connectivity index is 1.42. The Morgan fingerprint density at radius 2 is 1.97 bits per heavy atom. The van der Waals surface area contributed by atoms with E-state index in [2.05, 4.69) is 16.4 Å². The lowest BCUT2D eigenvalue weighted by molar-refractivity contribution is -0.154. The van der Waals surface area contributed by atoms with Crippen molar-refractivity contribution in [1.82, 2.24) is 24.8 Å². The normalized spacial score (nSPS) is 34.3. The molecule has 1 unspecified atom stereocenters.